The molecule has 1 unspecified atom stereocenters. The molecule has 0 saturated heterocycles. The standard InChI is InChI=1S/C16H25N3O2/c1-12(2)10-21-11-15(20)8-17-6-14-7-18-16-5-4-13(3)9-19(14)16/h4-5,7,9,12,15,17,20H,6,8,10-11H2,1-3H3. The summed E-state index contributed by atoms with van der Waals surface area (Å²) in [7, 11) is 0. The van der Waals surface area contributed by atoms with Gasteiger partial charge in [0.1, 0.15) is 5.65 Å². The van der Waals surface area contributed by atoms with Crippen LogP contribution >= 0.6 is 0 Å². The van der Waals surface area contributed by atoms with E-state index >= 15 is 0 Å². The average Bonchev–Trinajstić information content (AvgIpc) is 2.81. The van der Waals surface area contributed by atoms with Gasteiger partial charge in [0.2, 0.25) is 0 Å². The van der Waals surface area contributed by atoms with E-state index in [4.69, 9.17) is 4.74 Å². The lowest BCUT2D eigenvalue weighted by Gasteiger charge is -2.13. The molecule has 21 heavy (non-hydrogen) atoms. The summed E-state index contributed by atoms with van der Waals surface area (Å²) >= 11 is 0. The number of imidazole rings is 1. The Bertz CT molecular complexity index is 566. The van der Waals surface area contributed by atoms with Crippen LogP contribution in [-0.4, -0.2) is 40.4 Å². The molecule has 2 N–H and O–H groups in total. The van der Waals surface area contributed by atoms with Crippen LogP contribution in [0, 0.1) is 12.8 Å². The van der Waals surface area contributed by atoms with E-state index in [1.54, 1.807) is 0 Å². The zero-order valence-corrected chi connectivity index (χ0v) is 13.0. The molecular formula is C16H25N3O2. The van der Waals surface area contributed by atoms with Crippen LogP contribution in [0.2, 0.25) is 0 Å². The van der Waals surface area contributed by atoms with Gasteiger partial charge in [-0.05, 0) is 24.5 Å². The topological polar surface area (TPSA) is 58.8 Å². The fraction of sp³-hybridized carbons (Fsp3) is 0.562. The molecule has 2 aromatic heterocycles. The number of hydrogen-bond donors (Lipinski definition) is 2. The van der Waals surface area contributed by atoms with Crippen LogP contribution in [0.1, 0.15) is 25.1 Å². The molecule has 0 saturated carbocycles. The molecule has 2 rings (SSSR count). The Labute approximate surface area is 126 Å². The van der Waals surface area contributed by atoms with E-state index in [0.29, 0.717) is 32.2 Å². The van der Waals surface area contributed by atoms with Crippen LogP contribution in [0.3, 0.4) is 0 Å². The van der Waals surface area contributed by atoms with Gasteiger partial charge in [-0.2, -0.15) is 0 Å². The highest BCUT2D eigenvalue weighted by molar-refractivity contribution is 5.41. The molecule has 0 fully saturated rings. The number of rotatable bonds is 8. The minimum Gasteiger partial charge on any atom is -0.389 e. The van der Waals surface area contributed by atoms with Gasteiger partial charge in [-0.3, -0.25) is 0 Å². The van der Waals surface area contributed by atoms with Crippen molar-refractivity contribution in [3.8, 4) is 0 Å². The van der Waals surface area contributed by atoms with Crippen molar-refractivity contribution < 1.29 is 9.84 Å². The Morgan fingerprint density at radius 1 is 1.33 bits per heavy atom. The minimum atomic E-state index is -0.482. The lowest BCUT2D eigenvalue weighted by atomic mass is 10.2. The molecule has 0 spiro atoms. The molecular weight excluding hydrogens is 266 g/mol. The van der Waals surface area contributed by atoms with E-state index in [1.165, 1.54) is 5.56 Å². The SMILES string of the molecule is Cc1ccc2ncc(CNCC(O)COCC(C)C)n2c1. The first-order valence-electron chi connectivity index (χ1n) is 7.45. The van der Waals surface area contributed by atoms with E-state index in [0.717, 1.165) is 11.3 Å². The van der Waals surface area contributed by atoms with Crippen molar-refractivity contribution in [1.29, 1.82) is 0 Å². The minimum absolute atomic E-state index is 0.372. The second kappa shape index (κ2) is 7.54. The Balaban J connectivity index is 1.78. The van der Waals surface area contributed by atoms with Crippen molar-refractivity contribution in [3.63, 3.8) is 0 Å². The zero-order valence-electron chi connectivity index (χ0n) is 13.0. The van der Waals surface area contributed by atoms with Gasteiger partial charge in [0, 0.05) is 25.9 Å². The van der Waals surface area contributed by atoms with Crippen LogP contribution in [0.5, 0.6) is 0 Å². The lowest BCUT2D eigenvalue weighted by molar-refractivity contribution is 0.0260. The molecule has 0 amide bonds. The molecule has 1 atom stereocenters. The van der Waals surface area contributed by atoms with Gasteiger partial charge >= 0.3 is 0 Å². The average molecular weight is 291 g/mol. The summed E-state index contributed by atoms with van der Waals surface area (Å²) in [6.45, 7) is 8.49. The van der Waals surface area contributed by atoms with E-state index < -0.39 is 6.10 Å². The van der Waals surface area contributed by atoms with Gasteiger partial charge in [-0.15, -0.1) is 0 Å². The number of aliphatic hydroxyl groups excluding tert-OH is 1. The summed E-state index contributed by atoms with van der Waals surface area (Å²) in [4.78, 5) is 4.36. The summed E-state index contributed by atoms with van der Waals surface area (Å²) in [5.41, 5.74) is 3.23. The highest BCUT2D eigenvalue weighted by Gasteiger charge is 2.07. The number of nitrogens with zero attached hydrogens (tertiary/aromatic N) is 2. The van der Waals surface area contributed by atoms with Crippen LogP contribution in [0.15, 0.2) is 24.5 Å². The molecule has 5 nitrogen and oxygen atoms in total. The van der Waals surface area contributed by atoms with E-state index in [-0.39, 0.29) is 0 Å². The summed E-state index contributed by atoms with van der Waals surface area (Å²) in [6, 6.07) is 4.06. The van der Waals surface area contributed by atoms with Crippen LogP contribution in [-0.2, 0) is 11.3 Å². The second-order valence-corrected chi connectivity index (χ2v) is 5.90. The van der Waals surface area contributed by atoms with Gasteiger partial charge in [0.15, 0.2) is 0 Å². The van der Waals surface area contributed by atoms with Gasteiger partial charge < -0.3 is 19.6 Å². The quantitative estimate of drug-likeness (QED) is 0.778. The number of ether oxygens (including phenoxy) is 1. The molecule has 0 aromatic carbocycles. The van der Waals surface area contributed by atoms with E-state index in [1.807, 2.05) is 12.3 Å². The molecule has 2 heterocycles. The largest absolute Gasteiger partial charge is 0.389 e. The van der Waals surface area contributed by atoms with Crippen LogP contribution in [0.25, 0.3) is 5.65 Å². The van der Waals surface area contributed by atoms with Crippen molar-refractivity contribution in [2.24, 2.45) is 5.92 Å². The third-order valence-electron chi connectivity index (χ3n) is 3.18. The number of aliphatic hydroxyl groups is 1. The number of nitrogens with one attached hydrogen (secondary N) is 1. The first-order chi connectivity index (χ1) is 10.1. The van der Waals surface area contributed by atoms with Gasteiger partial charge in [-0.1, -0.05) is 19.9 Å². The first-order valence-corrected chi connectivity index (χ1v) is 7.45. The fourth-order valence-corrected chi connectivity index (χ4v) is 2.13. The Morgan fingerprint density at radius 3 is 2.90 bits per heavy atom. The molecule has 0 radical (unpaired) electrons. The van der Waals surface area contributed by atoms with E-state index in [9.17, 15) is 5.11 Å². The predicted octanol–water partition coefficient (Wildman–Crippen LogP) is 1.77. The lowest BCUT2D eigenvalue weighted by Crippen LogP contribution is -2.30. The zero-order chi connectivity index (χ0) is 15.2. The molecule has 0 aliphatic heterocycles. The Kier molecular flexibility index (Phi) is 5.73. The molecule has 5 heteroatoms. The maximum atomic E-state index is 9.84. The maximum Gasteiger partial charge on any atom is 0.136 e. The van der Waals surface area contributed by atoms with Crippen molar-refractivity contribution in [3.05, 3.63) is 35.8 Å². The van der Waals surface area contributed by atoms with Crippen molar-refractivity contribution >= 4 is 5.65 Å². The van der Waals surface area contributed by atoms with Crippen molar-refractivity contribution in [1.82, 2.24) is 14.7 Å². The number of pyridine rings is 1. The van der Waals surface area contributed by atoms with Crippen molar-refractivity contribution in [2.75, 3.05) is 19.8 Å². The number of aromatic nitrogens is 2. The second-order valence-electron chi connectivity index (χ2n) is 5.90. The molecule has 116 valence electrons. The van der Waals surface area contributed by atoms with E-state index in [2.05, 4.69) is 47.7 Å². The highest BCUT2D eigenvalue weighted by atomic mass is 16.5. The Hall–Kier alpha value is -1.43. The Morgan fingerprint density at radius 2 is 2.14 bits per heavy atom. The van der Waals surface area contributed by atoms with Crippen LogP contribution < -0.4 is 5.32 Å². The number of fused-ring (bicyclic) bond motifs is 1. The third kappa shape index (κ3) is 4.81. The monoisotopic (exact) mass is 291 g/mol. The first kappa shape index (κ1) is 15.9. The summed E-state index contributed by atoms with van der Waals surface area (Å²) < 4.78 is 7.50. The van der Waals surface area contributed by atoms with Gasteiger partial charge in [0.05, 0.1) is 24.6 Å². The summed E-state index contributed by atoms with van der Waals surface area (Å²) in [6.07, 6.45) is 3.45. The smallest absolute Gasteiger partial charge is 0.136 e. The molecule has 0 aliphatic rings. The number of aryl methyl sites for hydroxylation is 1. The molecule has 2 aromatic rings. The van der Waals surface area contributed by atoms with Crippen molar-refractivity contribution in [2.45, 2.75) is 33.4 Å². The van der Waals surface area contributed by atoms with Gasteiger partial charge in [-0.25, -0.2) is 4.98 Å². The third-order valence-corrected chi connectivity index (χ3v) is 3.18. The normalized spacial score (nSPS) is 13.2. The maximum absolute atomic E-state index is 9.84. The number of hydrogen-bond acceptors (Lipinski definition) is 4. The van der Waals surface area contributed by atoms with Gasteiger partial charge in [0.25, 0.3) is 0 Å². The summed E-state index contributed by atoms with van der Waals surface area (Å²) in [5, 5.41) is 13.1. The predicted molar refractivity (Wildman–Crippen MR) is 83.3 cm³/mol. The van der Waals surface area contributed by atoms with Crippen LogP contribution in [0.4, 0.5) is 0 Å². The highest BCUT2D eigenvalue weighted by Crippen LogP contribution is 2.08. The fourth-order valence-electron chi connectivity index (χ4n) is 2.13. The molecule has 0 bridgehead atoms. The summed E-state index contributed by atoms with van der Waals surface area (Å²) in [5.74, 6) is 0.492. The molecule has 0 aliphatic carbocycles.